The molecule has 0 unspecified atom stereocenters. The maximum Gasteiger partial charge on any atom is 0.243 e. The summed E-state index contributed by atoms with van der Waals surface area (Å²) in [6.07, 6.45) is 1.17. The highest BCUT2D eigenvalue weighted by Gasteiger charge is 2.32. The van der Waals surface area contributed by atoms with Gasteiger partial charge in [0.05, 0.1) is 6.54 Å². The predicted molar refractivity (Wildman–Crippen MR) is 235 cm³/mol. The van der Waals surface area contributed by atoms with Crippen LogP contribution in [0, 0.1) is 0 Å². The zero-order chi connectivity index (χ0) is 43.1. The molecule has 6 rings (SSSR count). The van der Waals surface area contributed by atoms with Crippen LogP contribution in [-0.4, -0.2) is 84.4 Å². The number of fused-ring (bicyclic) bond motifs is 2. The zero-order valence-electron chi connectivity index (χ0n) is 33.9. The first-order valence-corrected chi connectivity index (χ1v) is 20.5. The highest BCUT2D eigenvalue weighted by atomic mass is 16.3. The first-order valence-electron chi connectivity index (χ1n) is 20.5. The minimum atomic E-state index is -1.16. The van der Waals surface area contributed by atoms with E-state index >= 15 is 0 Å². The molecule has 0 spiro atoms. The van der Waals surface area contributed by atoms with Gasteiger partial charge in [-0.2, -0.15) is 0 Å². The molecule has 61 heavy (non-hydrogen) atoms. The van der Waals surface area contributed by atoms with Gasteiger partial charge in [0.25, 0.3) is 0 Å². The van der Waals surface area contributed by atoms with Crippen LogP contribution >= 0.6 is 0 Å². The van der Waals surface area contributed by atoms with Crippen LogP contribution in [0.5, 0.6) is 5.75 Å². The molecule has 0 aliphatic carbocycles. The average Bonchev–Trinajstić information content (AvgIpc) is 3.25. The molecule has 11 N–H and O–H groups in total. The summed E-state index contributed by atoms with van der Waals surface area (Å²) in [5.74, 6) is -3.28. The number of amides is 5. The standard InChI is InChI=1S/C46H53N9O6/c47-46(48)50-22-6-12-38-44(60)55-39(26-30-13-17-32-7-1-3-9-34(32)23-30)42(58)51-28-41(57)52-40(25-29-15-19-36(56)20-16-29)45(61)54-37(43(59)53-38)11-5-21-49-27-31-14-18-33-8-2-4-10-35(33)24-31/h1-4,7-10,13-20,23-24,37-40,49,56H,5-6,11-12,21-22,25-28H2,(H,51,58)(H,52,57)(H,53,59)(H,54,61)(H,55,60)(H4,47,48,50)/t37-,38-,39-,40+/m0/s1. The number of nitrogens with one attached hydrogen (secondary N) is 6. The number of nitrogens with zero attached hydrogens (tertiary/aromatic N) is 1. The van der Waals surface area contributed by atoms with Crippen molar-refractivity contribution >= 4 is 57.0 Å². The highest BCUT2D eigenvalue weighted by molar-refractivity contribution is 5.97. The van der Waals surface area contributed by atoms with E-state index in [1.54, 1.807) is 12.1 Å². The van der Waals surface area contributed by atoms with Crippen LogP contribution in [0.2, 0.25) is 0 Å². The topological polar surface area (TPSA) is 242 Å². The van der Waals surface area contributed by atoms with Crippen LogP contribution < -0.4 is 43.4 Å². The molecule has 0 saturated carbocycles. The first-order chi connectivity index (χ1) is 29.5. The summed E-state index contributed by atoms with van der Waals surface area (Å²) in [4.78, 5) is 73.7. The van der Waals surface area contributed by atoms with E-state index in [0.29, 0.717) is 31.5 Å². The summed E-state index contributed by atoms with van der Waals surface area (Å²) in [6.45, 7) is 0.777. The number of phenols is 1. The van der Waals surface area contributed by atoms with Crippen molar-refractivity contribution in [3.63, 3.8) is 0 Å². The molecule has 318 valence electrons. The van der Waals surface area contributed by atoms with Crippen LogP contribution in [0.3, 0.4) is 0 Å². The maximum absolute atomic E-state index is 14.2. The van der Waals surface area contributed by atoms with Crippen molar-refractivity contribution in [1.82, 2.24) is 31.9 Å². The van der Waals surface area contributed by atoms with Crippen molar-refractivity contribution in [3.8, 4) is 5.75 Å². The summed E-state index contributed by atoms with van der Waals surface area (Å²) in [5, 5.41) is 31.3. The Labute approximate surface area is 354 Å². The molecule has 1 aliphatic heterocycles. The molecule has 0 aromatic heterocycles. The van der Waals surface area contributed by atoms with Gasteiger partial charge in [-0.15, -0.1) is 0 Å². The Morgan fingerprint density at radius 1 is 0.590 bits per heavy atom. The quantitative estimate of drug-likeness (QED) is 0.0452. The number of carbonyl (C=O) groups is 5. The molecule has 15 heteroatoms. The fraction of sp³-hybridized carbons (Fsp3) is 0.304. The fourth-order valence-electron chi connectivity index (χ4n) is 7.29. The van der Waals surface area contributed by atoms with E-state index < -0.39 is 60.2 Å². The SMILES string of the molecule is NC(N)=NCCC[C@@H]1NC(=O)[C@H](CCCNCc2ccc3ccccc3c2)NC(=O)[C@@H](Cc2ccc(O)cc2)NC(=O)CNC(=O)[C@H](Cc2ccc3ccccc3c2)NC1=O. The van der Waals surface area contributed by atoms with Crippen LogP contribution in [0.1, 0.15) is 42.4 Å². The number of rotatable bonds is 14. The second-order valence-corrected chi connectivity index (χ2v) is 15.2. The predicted octanol–water partition coefficient (Wildman–Crippen LogP) is 2.18. The largest absolute Gasteiger partial charge is 0.508 e. The molecule has 5 aromatic carbocycles. The maximum atomic E-state index is 14.2. The third-order valence-electron chi connectivity index (χ3n) is 10.5. The zero-order valence-corrected chi connectivity index (χ0v) is 33.9. The van der Waals surface area contributed by atoms with Gasteiger partial charge in [0.15, 0.2) is 5.96 Å². The number of phenolic OH excluding ortho intramolecular Hbond substituents is 1. The number of nitrogens with two attached hydrogens (primary N) is 2. The Balaban J connectivity index is 1.24. The van der Waals surface area contributed by atoms with Crippen LogP contribution in [0.25, 0.3) is 21.5 Å². The van der Waals surface area contributed by atoms with E-state index in [0.717, 1.165) is 32.7 Å². The monoisotopic (exact) mass is 827 g/mol. The number of guanidine groups is 1. The van der Waals surface area contributed by atoms with E-state index in [4.69, 9.17) is 11.5 Å². The Bertz CT molecular complexity index is 2370. The second kappa shape index (κ2) is 21.3. The lowest BCUT2D eigenvalue weighted by Gasteiger charge is -2.26. The fourth-order valence-corrected chi connectivity index (χ4v) is 7.29. The van der Waals surface area contributed by atoms with Crippen LogP contribution in [-0.2, 0) is 43.4 Å². The van der Waals surface area contributed by atoms with Crippen molar-refractivity contribution in [1.29, 1.82) is 0 Å². The Morgan fingerprint density at radius 2 is 1.10 bits per heavy atom. The van der Waals surface area contributed by atoms with Gasteiger partial charge in [-0.05, 0) is 88.7 Å². The third kappa shape index (κ3) is 13.0. The normalized spacial score (nSPS) is 19.1. The van der Waals surface area contributed by atoms with Gasteiger partial charge in [-0.25, -0.2) is 0 Å². The number of carbonyl (C=O) groups excluding carboxylic acids is 5. The first kappa shape index (κ1) is 43.6. The molecule has 1 aliphatic rings. The van der Waals surface area contributed by atoms with Crippen molar-refractivity contribution in [3.05, 3.63) is 126 Å². The van der Waals surface area contributed by atoms with Crippen molar-refractivity contribution in [2.75, 3.05) is 19.6 Å². The highest BCUT2D eigenvalue weighted by Crippen LogP contribution is 2.18. The van der Waals surface area contributed by atoms with Gasteiger partial charge in [0.1, 0.15) is 29.9 Å². The van der Waals surface area contributed by atoms with E-state index in [9.17, 15) is 29.1 Å². The minimum Gasteiger partial charge on any atom is -0.508 e. The number of aliphatic imine (C=N–C) groups is 1. The summed E-state index contributed by atoms with van der Waals surface area (Å²) in [6, 6.07) is 29.4. The molecule has 15 nitrogen and oxygen atoms in total. The van der Waals surface area contributed by atoms with Gasteiger partial charge in [-0.1, -0.05) is 91.0 Å². The summed E-state index contributed by atoms with van der Waals surface area (Å²) in [5.41, 5.74) is 13.6. The van der Waals surface area contributed by atoms with E-state index in [2.05, 4.69) is 67.2 Å². The van der Waals surface area contributed by atoms with E-state index in [1.165, 1.54) is 12.1 Å². The lowest BCUT2D eigenvalue weighted by molar-refractivity contribution is -0.134. The van der Waals surface area contributed by atoms with Crippen LogP contribution in [0.15, 0.2) is 114 Å². The number of hydrogen-bond donors (Lipinski definition) is 9. The minimum absolute atomic E-state index is 0.0193. The Morgan fingerprint density at radius 3 is 1.74 bits per heavy atom. The molecule has 1 fully saturated rings. The molecule has 5 aromatic rings. The van der Waals surface area contributed by atoms with E-state index in [-0.39, 0.29) is 43.9 Å². The molecule has 4 atom stereocenters. The lowest BCUT2D eigenvalue weighted by Crippen LogP contribution is -2.58. The molecule has 0 bridgehead atoms. The summed E-state index contributed by atoms with van der Waals surface area (Å²) < 4.78 is 0. The average molecular weight is 828 g/mol. The smallest absolute Gasteiger partial charge is 0.243 e. The Hall–Kier alpha value is -7.00. The van der Waals surface area contributed by atoms with Crippen molar-refractivity contribution < 1.29 is 29.1 Å². The third-order valence-corrected chi connectivity index (χ3v) is 10.5. The molecular weight excluding hydrogens is 775 g/mol. The van der Waals surface area contributed by atoms with Gasteiger partial charge in [0.2, 0.25) is 29.5 Å². The van der Waals surface area contributed by atoms with Gasteiger partial charge >= 0.3 is 0 Å². The van der Waals surface area contributed by atoms with Gasteiger partial charge < -0.3 is 48.5 Å². The number of benzene rings is 5. The van der Waals surface area contributed by atoms with Crippen molar-refractivity contribution in [2.45, 2.75) is 69.2 Å². The Kier molecular flexibility index (Phi) is 15.2. The van der Waals surface area contributed by atoms with Gasteiger partial charge in [-0.3, -0.25) is 29.0 Å². The number of aromatic hydroxyl groups is 1. The molecule has 1 saturated heterocycles. The molecule has 1 heterocycles. The lowest BCUT2D eigenvalue weighted by atomic mass is 10.0. The molecular formula is C46H53N9O6. The van der Waals surface area contributed by atoms with Gasteiger partial charge in [0, 0.05) is 25.9 Å². The van der Waals surface area contributed by atoms with Crippen molar-refractivity contribution in [2.24, 2.45) is 16.5 Å². The summed E-state index contributed by atoms with van der Waals surface area (Å²) >= 11 is 0. The second-order valence-electron chi connectivity index (χ2n) is 15.2. The summed E-state index contributed by atoms with van der Waals surface area (Å²) in [7, 11) is 0. The van der Waals surface area contributed by atoms with E-state index in [1.807, 2.05) is 54.6 Å². The molecule has 5 amide bonds. The molecule has 0 radical (unpaired) electrons. The van der Waals surface area contributed by atoms with Crippen LogP contribution in [0.4, 0.5) is 0 Å². The number of hydrogen-bond acceptors (Lipinski definition) is 8.